The van der Waals surface area contributed by atoms with E-state index in [1.54, 1.807) is 6.07 Å². The van der Waals surface area contributed by atoms with Crippen molar-refractivity contribution in [3.8, 4) is 0 Å². The number of nitrogens with one attached hydrogen (secondary N) is 1. The van der Waals surface area contributed by atoms with Gasteiger partial charge in [-0.1, -0.05) is 97.1 Å². The van der Waals surface area contributed by atoms with Crippen molar-refractivity contribution in [1.82, 2.24) is 5.32 Å². The van der Waals surface area contributed by atoms with E-state index < -0.39 is 17.9 Å². The van der Waals surface area contributed by atoms with Crippen molar-refractivity contribution in [3.63, 3.8) is 0 Å². The Kier molecular flexibility index (Phi) is 6.08. The molecule has 4 rings (SSSR count). The third-order valence-electron chi connectivity index (χ3n) is 5.43. The van der Waals surface area contributed by atoms with Crippen LogP contribution in [0.15, 0.2) is 103 Å². The average Bonchev–Trinajstić information content (AvgIpc) is 2.84. The summed E-state index contributed by atoms with van der Waals surface area (Å²) in [5.41, 5.74) is 2.36. The van der Waals surface area contributed by atoms with Crippen LogP contribution in [0.4, 0.5) is 0 Å². The fourth-order valence-corrected chi connectivity index (χ4v) is 3.95. The Balaban J connectivity index is 1.77. The molecule has 1 N–H and O–H groups in total. The summed E-state index contributed by atoms with van der Waals surface area (Å²) in [5.74, 6) is -1.20. The maximum absolute atomic E-state index is 13.3. The zero-order chi connectivity index (χ0) is 21.6. The van der Waals surface area contributed by atoms with Gasteiger partial charge in [-0.05, 0) is 28.0 Å². The molecule has 0 aromatic heterocycles. The molecule has 0 aliphatic heterocycles. The monoisotopic (exact) mass is 409 g/mol. The van der Waals surface area contributed by atoms with Gasteiger partial charge in [-0.15, -0.1) is 0 Å². The highest BCUT2D eigenvalue weighted by Gasteiger charge is 2.33. The lowest BCUT2D eigenvalue weighted by Crippen LogP contribution is -2.46. The van der Waals surface area contributed by atoms with Crippen LogP contribution in [-0.2, 0) is 9.53 Å². The Hall–Kier alpha value is -3.92. The minimum Gasteiger partial charge on any atom is -0.467 e. The van der Waals surface area contributed by atoms with Gasteiger partial charge in [-0.3, -0.25) is 4.79 Å². The number of rotatable bonds is 6. The summed E-state index contributed by atoms with van der Waals surface area (Å²) in [6.45, 7) is 0. The van der Waals surface area contributed by atoms with E-state index in [9.17, 15) is 9.59 Å². The number of carbonyl (C=O) groups excluding carboxylic acids is 2. The summed E-state index contributed by atoms with van der Waals surface area (Å²) in [6, 6.07) is 31.7. The highest BCUT2D eigenvalue weighted by molar-refractivity contribution is 6.08. The van der Waals surface area contributed by atoms with E-state index in [-0.39, 0.29) is 5.91 Å². The van der Waals surface area contributed by atoms with Gasteiger partial charge in [-0.2, -0.15) is 0 Å². The zero-order valence-corrected chi connectivity index (χ0v) is 17.2. The number of carbonyl (C=O) groups is 2. The summed E-state index contributed by atoms with van der Waals surface area (Å²) >= 11 is 0. The fourth-order valence-electron chi connectivity index (χ4n) is 3.95. The van der Waals surface area contributed by atoms with Gasteiger partial charge in [0.15, 0.2) is 0 Å². The normalized spacial score (nSPS) is 11.8. The van der Waals surface area contributed by atoms with E-state index in [1.807, 2.05) is 97.1 Å². The molecule has 4 aromatic rings. The molecule has 0 radical (unpaired) electrons. The minimum atomic E-state index is -0.888. The van der Waals surface area contributed by atoms with Crippen LogP contribution in [0.1, 0.15) is 27.4 Å². The molecular formula is C27H23NO3. The zero-order valence-electron chi connectivity index (χ0n) is 17.2. The van der Waals surface area contributed by atoms with Gasteiger partial charge in [0.05, 0.1) is 7.11 Å². The summed E-state index contributed by atoms with van der Waals surface area (Å²) in [7, 11) is 1.34. The number of fused-ring (bicyclic) bond motifs is 1. The Morgan fingerprint density at radius 1 is 0.710 bits per heavy atom. The molecule has 0 aliphatic rings. The maximum Gasteiger partial charge on any atom is 0.329 e. The first-order valence-corrected chi connectivity index (χ1v) is 10.2. The van der Waals surface area contributed by atoms with Gasteiger partial charge < -0.3 is 10.1 Å². The highest BCUT2D eigenvalue weighted by Crippen LogP contribution is 2.29. The lowest BCUT2D eigenvalue weighted by atomic mass is 9.84. The van der Waals surface area contributed by atoms with E-state index in [4.69, 9.17) is 4.74 Å². The third-order valence-corrected chi connectivity index (χ3v) is 5.43. The van der Waals surface area contributed by atoms with Gasteiger partial charge in [0.25, 0.3) is 5.91 Å². The molecule has 4 aromatic carbocycles. The number of benzene rings is 4. The SMILES string of the molecule is COC(=O)[C@H](NC(=O)c1cccc2ccccc12)C(c1ccccc1)c1ccccc1. The van der Waals surface area contributed by atoms with Crippen molar-refractivity contribution in [2.45, 2.75) is 12.0 Å². The molecule has 0 aliphatic carbocycles. The van der Waals surface area contributed by atoms with E-state index in [0.29, 0.717) is 5.56 Å². The largest absolute Gasteiger partial charge is 0.467 e. The first kappa shape index (κ1) is 20.4. The second kappa shape index (κ2) is 9.26. The number of ether oxygens (including phenoxy) is 1. The van der Waals surface area contributed by atoms with Gasteiger partial charge >= 0.3 is 5.97 Å². The van der Waals surface area contributed by atoms with Crippen LogP contribution in [0.2, 0.25) is 0 Å². The van der Waals surface area contributed by atoms with Crippen LogP contribution < -0.4 is 5.32 Å². The van der Waals surface area contributed by atoms with Crippen LogP contribution in [0.25, 0.3) is 10.8 Å². The molecule has 4 heteroatoms. The Morgan fingerprint density at radius 3 is 1.87 bits per heavy atom. The van der Waals surface area contributed by atoms with Gasteiger partial charge in [0.2, 0.25) is 0 Å². The van der Waals surface area contributed by atoms with Crippen molar-refractivity contribution in [1.29, 1.82) is 0 Å². The average molecular weight is 409 g/mol. The predicted octanol–water partition coefficient (Wildman–Crippen LogP) is 4.94. The molecule has 0 bridgehead atoms. The lowest BCUT2D eigenvalue weighted by molar-refractivity contribution is -0.143. The predicted molar refractivity (Wildman–Crippen MR) is 122 cm³/mol. The lowest BCUT2D eigenvalue weighted by Gasteiger charge is -2.27. The molecular weight excluding hydrogens is 386 g/mol. The van der Waals surface area contributed by atoms with Crippen LogP contribution in [-0.4, -0.2) is 25.0 Å². The quantitative estimate of drug-likeness (QED) is 0.459. The first-order chi connectivity index (χ1) is 15.2. The van der Waals surface area contributed by atoms with Gasteiger partial charge in [0, 0.05) is 11.5 Å². The van der Waals surface area contributed by atoms with Crippen LogP contribution in [0.5, 0.6) is 0 Å². The van der Waals surface area contributed by atoms with E-state index >= 15 is 0 Å². The summed E-state index contributed by atoms with van der Waals surface area (Å²) < 4.78 is 5.11. The smallest absolute Gasteiger partial charge is 0.329 e. The van der Waals surface area contributed by atoms with Crippen molar-refractivity contribution in [2.24, 2.45) is 0 Å². The first-order valence-electron chi connectivity index (χ1n) is 10.2. The molecule has 31 heavy (non-hydrogen) atoms. The molecule has 0 heterocycles. The molecule has 0 spiro atoms. The van der Waals surface area contributed by atoms with Crippen LogP contribution in [0, 0.1) is 0 Å². The summed E-state index contributed by atoms with van der Waals surface area (Å²) in [4.78, 5) is 26.2. The second-order valence-corrected chi connectivity index (χ2v) is 7.30. The Bertz CT molecular complexity index is 1140. The topological polar surface area (TPSA) is 55.4 Å². The fraction of sp³-hybridized carbons (Fsp3) is 0.111. The highest BCUT2D eigenvalue weighted by atomic mass is 16.5. The maximum atomic E-state index is 13.3. The van der Waals surface area contributed by atoms with Crippen molar-refractivity contribution < 1.29 is 14.3 Å². The van der Waals surface area contributed by atoms with Gasteiger partial charge in [0.1, 0.15) is 6.04 Å². The molecule has 1 amide bonds. The molecule has 0 unspecified atom stereocenters. The molecule has 154 valence electrons. The molecule has 1 atom stereocenters. The van der Waals surface area contributed by atoms with E-state index in [1.165, 1.54) is 7.11 Å². The Morgan fingerprint density at radius 2 is 1.26 bits per heavy atom. The second-order valence-electron chi connectivity index (χ2n) is 7.30. The number of hydrogen-bond acceptors (Lipinski definition) is 3. The summed E-state index contributed by atoms with van der Waals surface area (Å²) in [6.07, 6.45) is 0. The number of hydrogen-bond donors (Lipinski definition) is 1. The van der Waals surface area contributed by atoms with Crippen LogP contribution >= 0.6 is 0 Å². The number of amides is 1. The van der Waals surface area contributed by atoms with Crippen molar-refractivity contribution in [3.05, 3.63) is 120 Å². The standard InChI is InChI=1S/C27H23NO3/c1-31-27(30)25(24(20-12-4-2-5-13-20)21-14-6-3-7-15-21)28-26(29)23-18-10-16-19-11-8-9-17-22(19)23/h2-18,24-25H,1H3,(H,28,29)/t25-/m1/s1. The molecule has 0 fully saturated rings. The van der Waals surface area contributed by atoms with E-state index in [0.717, 1.165) is 21.9 Å². The van der Waals surface area contributed by atoms with E-state index in [2.05, 4.69) is 5.32 Å². The molecule has 0 saturated carbocycles. The minimum absolute atomic E-state index is 0.316. The van der Waals surface area contributed by atoms with Crippen molar-refractivity contribution >= 4 is 22.6 Å². The van der Waals surface area contributed by atoms with Gasteiger partial charge in [-0.25, -0.2) is 4.79 Å². The number of esters is 1. The number of methoxy groups -OCH3 is 1. The molecule has 0 saturated heterocycles. The van der Waals surface area contributed by atoms with Crippen molar-refractivity contribution in [2.75, 3.05) is 7.11 Å². The molecule has 4 nitrogen and oxygen atoms in total. The third kappa shape index (κ3) is 4.33. The van der Waals surface area contributed by atoms with Crippen LogP contribution in [0.3, 0.4) is 0 Å². The summed E-state index contributed by atoms with van der Waals surface area (Å²) in [5, 5.41) is 4.76. The Labute approximate surface area is 181 Å².